The number of hydrogen-bond donors (Lipinski definition) is 2. The molecule has 0 saturated heterocycles. The van der Waals surface area contributed by atoms with Gasteiger partial charge in [0.1, 0.15) is 16.5 Å². The van der Waals surface area contributed by atoms with E-state index in [9.17, 15) is 9.59 Å². The van der Waals surface area contributed by atoms with Crippen LogP contribution in [0.4, 0.5) is 5.00 Å². The number of rotatable bonds is 4. The number of thiophene rings is 1. The number of carbonyl (C=O) groups excluding carboxylic acids is 2. The van der Waals surface area contributed by atoms with Gasteiger partial charge in [-0.2, -0.15) is 0 Å². The smallest absolute Gasteiger partial charge is 0.259 e. The van der Waals surface area contributed by atoms with Gasteiger partial charge in [-0.3, -0.25) is 9.59 Å². The zero-order valence-electron chi connectivity index (χ0n) is 16.8. The van der Waals surface area contributed by atoms with Crippen LogP contribution in [0, 0.1) is 19.8 Å². The van der Waals surface area contributed by atoms with Gasteiger partial charge < -0.3 is 15.1 Å². The molecule has 2 heterocycles. The van der Waals surface area contributed by atoms with E-state index in [2.05, 4.69) is 17.6 Å². The maximum Gasteiger partial charge on any atom is 0.259 e. The molecule has 2 aromatic rings. The molecule has 150 valence electrons. The minimum atomic E-state index is -0.212. The fourth-order valence-corrected chi connectivity index (χ4v) is 5.84. The second kappa shape index (κ2) is 7.74. The first-order valence-electron chi connectivity index (χ1n) is 10.3. The van der Waals surface area contributed by atoms with Crippen LogP contribution in [0.2, 0.25) is 0 Å². The number of carbonyl (C=O) groups is 2. The van der Waals surface area contributed by atoms with Gasteiger partial charge in [-0.25, -0.2) is 0 Å². The van der Waals surface area contributed by atoms with Crippen molar-refractivity contribution >= 4 is 28.2 Å². The summed E-state index contributed by atoms with van der Waals surface area (Å²) in [4.78, 5) is 27.2. The number of fused-ring (bicyclic) bond motifs is 1. The molecule has 0 spiro atoms. The number of nitrogens with one attached hydrogen (secondary N) is 2. The Morgan fingerprint density at radius 3 is 2.57 bits per heavy atom. The van der Waals surface area contributed by atoms with E-state index in [-0.39, 0.29) is 17.9 Å². The highest BCUT2D eigenvalue weighted by molar-refractivity contribution is 7.17. The topological polar surface area (TPSA) is 71.3 Å². The number of aryl methyl sites for hydroxylation is 2. The molecular weight excluding hydrogens is 372 g/mol. The summed E-state index contributed by atoms with van der Waals surface area (Å²) in [6, 6.07) is 2.01. The van der Waals surface area contributed by atoms with Gasteiger partial charge in [0.15, 0.2) is 0 Å². The number of amides is 2. The quantitative estimate of drug-likeness (QED) is 0.758. The Balaban J connectivity index is 1.64. The van der Waals surface area contributed by atoms with Crippen molar-refractivity contribution in [1.82, 2.24) is 5.32 Å². The van der Waals surface area contributed by atoms with Gasteiger partial charge in [-0.15, -0.1) is 11.3 Å². The molecule has 0 unspecified atom stereocenters. The zero-order valence-corrected chi connectivity index (χ0v) is 17.6. The van der Waals surface area contributed by atoms with Gasteiger partial charge in [0.05, 0.1) is 11.1 Å². The second-order valence-electron chi connectivity index (χ2n) is 8.29. The van der Waals surface area contributed by atoms with Gasteiger partial charge in [-0.1, -0.05) is 19.8 Å². The van der Waals surface area contributed by atoms with E-state index >= 15 is 0 Å². The lowest BCUT2D eigenvalue weighted by Crippen LogP contribution is -2.33. The molecule has 1 saturated carbocycles. The molecule has 2 aliphatic carbocycles. The molecule has 2 amide bonds. The van der Waals surface area contributed by atoms with E-state index in [1.54, 1.807) is 24.3 Å². The van der Waals surface area contributed by atoms with Crippen molar-refractivity contribution in [2.75, 3.05) is 5.32 Å². The largest absolute Gasteiger partial charge is 0.466 e. The Hall–Kier alpha value is -2.08. The van der Waals surface area contributed by atoms with Crippen LogP contribution in [0.3, 0.4) is 0 Å². The van der Waals surface area contributed by atoms with Crippen LogP contribution >= 0.6 is 11.3 Å². The zero-order chi connectivity index (χ0) is 19.8. The lowest BCUT2D eigenvalue weighted by Gasteiger charge is -2.19. The van der Waals surface area contributed by atoms with E-state index in [0.29, 0.717) is 33.6 Å². The van der Waals surface area contributed by atoms with Crippen LogP contribution in [-0.2, 0) is 12.8 Å². The number of furan rings is 1. The van der Waals surface area contributed by atoms with E-state index < -0.39 is 0 Å². The van der Waals surface area contributed by atoms with Crippen LogP contribution in [-0.4, -0.2) is 17.9 Å². The summed E-state index contributed by atoms with van der Waals surface area (Å²) >= 11 is 1.56. The van der Waals surface area contributed by atoms with Crippen molar-refractivity contribution < 1.29 is 14.0 Å². The highest BCUT2D eigenvalue weighted by Gasteiger charge is 2.30. The van der Waals surface area contributed by atoms with Gasteiger partial charge in [0.25, 0.3) is 11.8 Å². The predicted octanol–water partition coefficient (Wildman–Crippen LogP) is 5.01. The van der Waals surface area contributed by atoms with Gasteiger partial charge >= 0.3 is 0 Å². The van der Waals surface area contributed by atoms with Crippen molar-refractivity contribution in [3.8, 4) is 0 Å². The SMILES string of the molecule is Cc1cc(C(=O)Nc2sc3c(c2C(=O)NC2CCCC2)CC[C@@H](C)C3)c(C)o1. The minimum absolute atomic E-state index is 0.0330. The molecule has 0 aliphatic heterocycles. The average Bonchev–Trinajstić information content (AvgIpc) is 3.33. The van der Waals surface area contributed by atoms with Crippen molar-refractivity contribution in [3.63, 3.8) is 0 Å². The highest BCUT2D eigenvalue weighted by atomic mass is 32.1. The van der Waals surface area contributed by atoms with Gasteiger partial charge in [0, 0.05) is 10.9 Å². The summed E-state index contributed by atoms with van der Waals surface area (Å²) in [6.07, 6.45) is 7.40. The maximum absolute atomic E-state index is 13.2. The van der Waals surface area contributed by atoms with Crippen molar-refractivity contribution in [2.24, 2.45) is 5.92 Å². The Bertz CT molecular complexity index is 905. The molecule has 0 bridgehead atoms. The Morgan fingerprint density at radius 1 is 1.14 bits per heavy atom. The second-order valence-corrected chi connectivity index (χ2v) is 9.40. The number of hydrogen-bond acceptors (Lipinski definition) is 4. The molecule has 28 heavy (non-hydrogen) atoms. The normalized spacial score (nSPS) is 19.5. The molecule has 4 rings (SSSR count). The molecule has 5 nitrogen and oxygen atoms in total. The fourth-order valence-electron chi connectivity index (χ4n) is 4.43. The third-order valence-electron chi connectivity index (χ3n) is 5.94. The summed E-state index contributed by atoms with van der Waals surface area (Å²) in [5, 5.41) is 6.91. The van der Waals surface area contributed by atoms with Crippen LogP contribution in [0.15, 0.2) is 10.5 Å². The molecule has 6 heteroatoms. The standard InChI is InChI=1S/C22H28N2O3S/c1-12-8-9-16-18(10-12)28-22(19(16)21(26)23-15-6-4-5-7-15)24-20(25)17-11-13(2)27-14(17)3/h11-12,15H,4-10H2,1-3H3,(H,23,26)(H,24,25)/t12-/m1/s1. The Kier molecular flexibility index (Phi) is 5.32. The summed E-state index contributed by atoms with van der Waals surface area (Å²) < 4.78 is 5.50. The third kappa shape index (κ3) is 3.75. The van der Waals surface area contributed by atoms with Crippen LogP contribution in [0.25, 0.3) is 0 Å². The van der Waals surface area contributed by atoms with E-state index in [0.717, 1.165) is 37.7 Å². The van der Waals surface area contributed by atoms with Crippen molar-refractivity contribution in [3.05, 3.63) is 39.2 Å². The molecule has 2 aliphatic rings. The molecule has 2 aromatic heterocycles. The summed E-state index contributed by atoms with van der Waals surface area (Å²) in [5.74, 6) is 1.67. The molecular formula is C22H28N2O3S. The van der Waals surface area contributed by atoms with Gasteiger partial charge in [-0.05, 0) is 63.5 Å². The van der Waals surface area contributed by atoms with Crippen molar-refractivity contribution in [2.45, 2.75) is 71.8 Å². The Morgan fingerprint density at radius 2 is 1.89 bits per heavy atom. The lowest BCUT2D eigenvalue weighted by atomic mass is 9.88. The predicted molar refractivity (Wildman–Crippen MR) is 111 cm³/mol. The number of anilines is 1. The van der Waals surface area contributed by atoms with Crippen molar-refractivity contribution in [1.29, 1.82) is 0 Å². The molecule has 1 atom stereocenters. The maximum atomic E-state index is 13.2. The molecule has 1 fully saturated rings. The first kappa shape index (κ1) is 19.2. The van der Waals surface area contributed by atoms with Crippen LogP contribution in [0.1, 0.15) is 81.7 Å². The van der Waals surface area contributed by atoms with Crippen LogP contribution in [0.5, 0.6) is 0 Å². The highest BCUT2D eigenvalue weighted by Crippen LogP contribution is 2.40. The monoisotopic (exact) mass is 400 g/mol. The lowest BCUT2D eigenvalue weighted by molar-refractivity contribution is 0.0938. The summed E-state index contributed by atoms with van der Waals surface area (Å²) in [7, 11) is 0. The fraction of sp³-hybridized carbons (Fsp3) is 0.545. The Labute approximate surface area is 169 Å². The minimum Gasteiger partial charge on any atom is -0.466 e. The summed E-state index contributed by atoms with van der Waals surface area (Å²) in [6.45, 7) is 5.86. The molecule has 0 aromatic carbocycles. The first-order valence-corrected chi connectivity index (χ1v) is 11.1. The first-order chi connectivity index (χ1) is 13.4. The summed E-state index contributed by atoms with van der Waals surface area (Å²) in [5.41, 5.74) is 2.35. The van der Waals surface area contributed by atoms with Crippen LogP contribution < -0.4 is 10.6 Å². The van der Waals surface area contributed by atoms with E-state index in [1.165, 1.54) is 17.7 Å². The van der Waals surface area contributed by atoms with E-state index in [4.69, 9.17) is 4.42 Å². The average molecular weight is 401 g/mol. The molecule has 0 radical (unpaired) electrons. The van der Waals surface area contributed by atoms with Gasteiger partial charge in [0.2, 0.25) is 0 Å². The molecule has 2 N–H and O–H groups in total. The third-order valence-corrected chi connectivity index (χ3v) is 7.11. The van der Waals surface area contributed by atoms with E-state index in [1.807, 2.05) is 6.92 Å².